The first-order valence-electron chi connectivity index (χ1n) is 7.77. The molecule has 2 atom stereocenters. The first-order chi connectivity index (χ1) is 8.92. The van der Waals surface area contributed by atoms with Gasteiger partial charge in [0.15, 0.2) is 0 Å². The Morgan fingerprint density at radius 3 is 2.89 bits per heavy atom. The van der Waals surface area contributed by atoms with Crippen molar-refractivity contribution >= 4 is 5.69 Å². The number of hydrogen-bond donors (Lipinski definition) is 0. The maximum atomic E-state index is 2.72. The molecular formula is C17H25N. The Bertz CT molecular complexity index is 398. The molecule has 0 radical (unpaired) electrons. The third-order valence-corrected chi connectivity index (χ3v) is 4.78. The molecular weight excluding hydrogens is 218 g/mol. The van der Waals surface area contributed by atoms with Gasteiger partial charge in [-0.05, 0) is 30.9 Å². The Labute approximate surface area is 111 Å². The Hall–Kier alpha value is -0.980. The standard InChI is InChI=1S/C17H25N/c1-2-3-4-7-13-18-16-11-6-5-9-14(16)15-10-8-12-17(15)18/h5-6,9,11,15,17H,2-4,7-8,10,12-13H2,1H3. The highest BCUT2D eigenvalue weighted by Gasteiger charge is 2.40. The topological polar surface area (TPSA) is 3.24 Å². The van der Waals surface area contributed by atoms with Crippen LogP contribution < -0.4 is 4.90 Å². The summed E-state index contributed by atoms with van der Waals surface area (Å²) in [6, 6.07) is 9.95. The average molecular weight is 243 g/mol. The molecule has 1 nitrogen and oxygen atoms in total. The van der Waals surface area contributed by atoms with E-state index in [1.165, 1.54) is 51.5 Å². The molecule has 1 saturated carbocycles. The highest BCUT2D eigenvalue weighted by atomic mass is 15.2. The number of benzene rings is 1. The minimum Gasteiger partial charge on any atom is -0.368 e. The monoisotopic (exact) mass is 243 g/mol. The van der Waals surface area contributed by atoms with Gasteiger partial charge in [0.1, 0.15) is 0 Å². The van der Waals surface area contributed by atoms with Gasteiger partial charge in [-0.3, -0.25) is 0 Å². The van der Waals surface area contributed by atoms with Gasteiger partial charge in [0.2, 0.25) is 0 Å². The highest BCUT2D eigenvalue weighted by molar-refractivity contribution is 5.62. The molecule has 3 rings (SSSR count). The lowest BCUT2D eigenvalue weighted by Gasteiger charge is -2.27. The third-order valence-electron chi connectivity index (χ3n) is 4.78. The smallest absolute Gasteiger partial charge is 0.0405 e. The summed E-state index contributed by atoms with van der Waals surface area (Å²) in [5, 5.41) is 0. The summed E-state index contributed by atoms with van der Waals surface area (Å²) in [7, 11) is 0. The SMILES string of the molecule is CCCCCCN1c2ccccc2C2CCCC21. The lowest BCUT2D eigenvalue weighted by atomic mass is 9.98. The second-order valence-corrected chi connectivity index (χ2v) is 5.92. The third kappa shape index (κ3) is 2.04. The molecule has 0 amide bonds. The number of fused-ring (bicyclic) bond motifs is 3. The number of hydrogen-bond acceptors (Lipinski definition) is 1. The first kappa shape index (κ1) is 12.1. The van der Waals surface area contributed by atoms with Crippen LogP contribution in [0, 0.1) is 0 Å². The minimum absolute atomic E-state index is 0.823. The summed E-state index contributed by atoms with van der Waals surface area (Å²) >= 11 is 0. The predicted octanol–water partition coefficient (Wildman–Crippen LogP) is 4.72. The number of nitrogens with zero attached hydrogens (tertiary/aromatic N) is 1. The number of unbranched alkanes of at least 4 members (excludes halogenated alkanes) is 3. The van der Waals surface area contributed by atoms with Crippen LogP contribution in [0.4, 0.5) is 5.69 Å². The normalized spacial score (nSPS) is 25.3. The zero-order valence-electron chi connectivity index (χ0n) is 11.6. The summed E-state index contributed by atoms with van der Waals surface area (Å²) in [5.74, 6) is 0.840. The zero-order valence-corrected chi connectivity index (χ0v) is 11.6. The second kappa shape index (κ2) is 5.34. The van der Waals surface area contributed by atoms with Crippen molar-refractivity contribution in [1.29, 1.82) is 0 Å². The number of para-hydroxylation sites is 1. The van der Waals surface area contributed by atoms with E-state index in [4.69, 9.17) is 0 Å². The van der Waals surface area contributed by atoms with E-state index in [0.717, 1.165) is 12.0 Å². The fraction of sp³-hybridized carbons (Fsp3) is 0.647. The lowest BCUT2D eigenvalue weighted by molar-refractivity contribution is 0.562. The maximum Gasteiger partial charge on any atom is 0.0405 e. The van der Waals surface area contributed by atoms with Gasteiger partial charge in [-0.2, -0.15) is 0 Å². The molecule has 1 aliphatic heterocycles. The summed E-state index contributed by atoms with van der Waals surface area (Å²) in [6.07, 6.45) is 9.74. The summed E-state index contributed by atoms with van der Waals surface area (Å²) < 4.78 is 0. The van der Waals surface area contributed by atoms with Crippen molar-refractivity contribution in [3.63, 3.8) is 0 Å². The number of rotatable bonds is 5. The van der Waals surface area contributed by atoms with Crippen molar-refractivity contribution in [2.45, 2.75) is 63.8 Å². The molecule has 1 aromatic rings. The molecule has 0 bridgehead atoms. The van der Waals surface area contributed by atoms with E-state index >= 15 is 0 Å². The molecule has 98 valence electrons. The van der Waals surface area contributed by atoms with Gasteiger partial charge < -0.3 is 4.90 Å². The van der Waals surface area contributed by atoms with Crippen molar-refractivity contribution in [2.24, 2.45) is 0 Å². The van der Waals surface area contributed by atoms with E-state index in [1.54, 1.807) is 11.3 Å². The van der Waals surface area contributed by atoms with Crippen molar-refractivity contribution in [3.05, 3.63) is 29.8 Å². The van der Waals surface area contributed by atoms with Crippen LogP contribution in [0.2, 0.25) is 0 Å². The Kier molecular flexibility index (Phi) is 3.58. The fourth-order valence-electron chi connectivity index (χ4n) is 3.91. The Balaban J connectivity index is 1.72. The number of anilines is 1. The molecule has 0 N–H and O–H groups in total. The van der Waals surface area contributed by atoms with Crippen LogP contribution in [0.5, 0.6) is 0 Å². The van der Waals surface area contributed by atoms with E-state index in [2.05, 4.69) is 36.1 Å². The molecule has 1 heterocycles. The van der Waals surface area contributed by atoms with E-state index < -0.39 is 0 Å². The van der Waals surface area contributed by atoms with Crippen LogP contribution >= 0.6 is 0 Å². The second-order valence-electron chi connectivity index (χ2n) is 5.92. The van der Waals surface area contributed by atoms with Crippen molar-refractivity contribution < 1.29 is 0 Å². The van der Waals surface area contributed by atoms with Gasteiger partial charge in [0.05, 0.1) is 0 Å². The quantitative estimate of drug-likeness (QED) is 0.676. The molecule has 2 unspecified atom stereocenters. The van der Waals surface area contributed by atoms with E-state index in [0.29, 0.717) is 0 Å². The van der Waals surface area contributed by atoms with Gasteiger partial charge in [-0.25, -0.2) is 0 Å². The maximum absolute atomic E-state index is 2.72. The Morgan fingerprint density at radius 2 is 2.00 bits per heavy atom. The molecule has 18 heavy (non-hydrogen) atoms. The molecule has 1 heteroatoms. The van der Waals surface area contributed by atoms with Gasteiger partial charge in [-0.1, -0.05) is 50.8 Å². The van der Waals surface area contributed by atoms with Crippen LogP contribution in [-0.4, -0.2) is 12.6 Å². The first-order valence-corrected chi connectivity index (χ1v) is 7.77. The van der Waals surface area contributed by atoms with Gasteiger partial charge >= 0.3 is 0 Å². The van der Waals surface area contributed by atoms with Crippen LogP contribution in [0.25, 0.3) is 0 Å². The molecule has 1 fully saturated rings. The predicted molar refractivity (Wildman–Crippen MR) is 78.3 cm³/mol. The largest absolute Gasteiger partial charge is 0.368 e. The Morgan fingerprint density at radius 1 is 1.11 bits per heavy atom. The minimum atomic E-state index is 0.823. The van der Waals surface area contributed by atoms with Crippen LogP contribution in [-0.2, 0) is 0 Å². The summed E-state index contributed by atoms with van der Waals surface area (Å²) in [6.45, 7) is 3.57. The fourth-order valence-corrected chi connectivity index (χ4v) is 3.91. The van der Waals surface area contributed by atoms with Crippen molar-refractivity contribution in [3.8, 4) is 0 Å². The van der Waals surface area contributed by atoms with Crippen molar-refractivity contribution in [2.75, 3.05) is 11.4 Å². The van der Waals surface area contributed by atoms with Gasteiger partial charge in [0.25, 0.3) is 0 Å². The molecule has 1 aromatic carbocycles. The van der Waals surface area contributed by atoms with Gasteiger partial charge in [0, 0.05) is 24.2 Å². The lowest BCUT2D eigenvalue weighted by Crippen LogP contribution is -2.32. The van der Waals surface area contributed by atoms with Gasteiger partial charge in [-0.15, -0.1) is 0 Å². The van der Waals surface area contributed by atoms with E-state index in [1.807, 2.05) is 0 Å². The van der Waals surface area contributed by atoms with Crippen LogP contribution in [0.15, 0.2) is 24.3 Å². The molecule has 0 saturated heterocycles. The zero-order chi connectivity index (χ0) is 12.4. The summed E-state index contributed by atoms with van der Waals surface area (Å²) in [5.41, 5.74) is 3.18. The molecule has 1 aliphatic carbocycles. The van der Waals surface area contributed by atoms with Crippen LogP contribution in [0.3, 0.4) is 0 Å². The molecule has 2 aliphatic rings. The summed E-state index contributed by atoms with van der Waals surface area (Å²) in [4.78, 5) is 2.72. The van der Waals surface area contributed by atoms with Crippen LogP contribution in [0.1, 0.15) is 63.4 Å². The molecule has 0 aromatic heterocycles. The highest BCUT2D eigenvalue weighted by Crippen LogP contribution is 2.48. The van der Waals surface area contributed by atoms with E-state index in [9.17, 15) is 0 Å². The van der Waals surface area contributed by atoms with E-state index in [-0.39, 0.29) is 0 Å². The molecule has 0 spiro atoms. The average Bonchev–Trinajstić information content (AvgIpc) is 2.97. The van der Waals surface area contributed by atoms with Crippen molar-refractivity contribution in [1.82, 2.24) is 0 Å².